The fourth-order valence-electron chi connectivity index (χ4n) is 5.24. The number of fused-ring (bicyclic) bond motifs is 2. The van der Waals surface area contributed by atoms with Crippen LogP contribution in [0.5, 0.6) is 0 Å². The first-order valence-electron chi connectivity index (χ1n) is 11.5. The molecular formula is C27H32F2N4O. The van der Waals surface area contributed by atoms with Crippen molar-refractivity contribution in [3.8, 4) is 0 Å². The van der Waals surface area contributed by atoms with Gasteiger partial charge in [0.25, 0.3) is 5.92 Å². The number of anilines is 2. The van der Waals surface area contributed by atoms with Crippen molar-refractivity contribution in [3.63, 3.8) is 0 Å². The Hall–Kier alpha value is -3.06. The molecule has 4 rings (SSSR count). The van der Waals surface area contributed by atoms with Crippen molar-refractivity contribution in [2.75, 3.05) is 24.4 Å². The van der Waals surface area contributed by atoms with Gasteiger partial charge in [-0.15, -0.1) is 5.10 Å². The molecule has 34 heavy (non-hydrogen) atoms. The van der Waals surface area contributed by atoms with Gasteiger partial charge in [0.1, 0.15) is 5.60 Å². The molecule has 0 saturated carbocycles. The van der Waals surface area contributed by atoms with Gasteiger partial charge in [0.2, 0.25) is 0 Å². The van der Waals surface area contributed by atoms with Crippen LogP contribution in [0.2, 0.25) is 0 Å². The maximum Gasteiger partial charge on any atom is 0.270 e. The molecule has 1 aromatic heterocycles. The summed E-state index contributed by atoms with van der Waals surface area (Å²) in [6, 6.07) is 8.98. The zero-order valence-electron chi connectivity index (χ0n) is 20.9. The first-order chi connectivity index (χ1) is 16.0. The third-order valence-corrected chi connectivity index (χ3v) is 7.26. The lowest BCUT2D eigenvalue weighted by atomic mass is 9.89. The van der Waals surface area contributed by atoms with E-state index < -0.39 is 11.5 Å². The first kappa shape index (κ1) is 24.1. The number of halogens is 2. The molecule has 7 heteroatoms. The molecule has 3 aromatic rings. The summed E-state index contributed by atoms with van der Waals surface area (Å²) in [6.45, 7) is 12.9. The Balaban J connectivity index is 1.82. The number of aromatic nitrogens is 2. The number of methoxy groups -OCH3 is 1. The molecule has 2 heterocycles. The van der Waals surface area contributed by atoms with Gasteiger partial charge >= 0.3 is 0 Å². The van der Waals surface area contributed by atoms with Crippen molar-refractivity contribution < 1.29 is 13.5 Å². The Kier molecular flexibility index (Phi) is 5.88. The van der Waals surface area contributed by atoms with Crippen LogP contribution in [0.25, 0.3) is 10.8 Å². The third-order valence-electron chi connectivity index (χ3n) is 7.26. The van der Waals surface area contributed by atoms with Gasteiger partial charge in [0.05, 0.1) is 11.7 Å². The molecule has 180 valence electrons. The monoisotopic (exact) mass is 466 g/mol. The number of alkyl halides is 2. The summed E-state index contributed by atoms with van der Waals surface area (Å²) in [7, 11) is 3.70. The lowest BCUT2D eigenvalue weighted by molar-refractivity contribution is 0.0167. The molecule has 0 fully saturated rings. The molecule has 1 N–H and O–H groups in total. The molecule has 0 aliphatic carbocycles. The van der Waals surface area contributed by atoms with E-state index in [-0.39, 0.29) is 11.6 Å². The van der Waals surface area contributed by atoms with E-state index in [4.69, 9.17) is 4.74 Å². The Morgan fingerprint density at radius 3 is 2.53 bits per heavy atom. The largest absolute Gasteiger partial charge is 0.367 e. The van der Waals surface area contributed by atoms with Crippen LogP contribution in [0.1, 0.15) is 61.2 Å². The van der Waals surface area contributed by atoms with Crippen molar-refractivity contribution in [3.05, 3.63) is 70.6 Å². The zero-order chi connectivity index (χ0) is 25.0. The molecule has 0 spiro atoms. The second-order valence-electron chi connectivity index (χ2n) is 9.21. The molecular weight excluding hydrogens is 434 g/mol. The fraction of sp³-hybridized carbons (Fsp3) is 0.407. The van der Waals surface area contributed by atoms with Crippen LogP contribution in [0.3, 0.4) is 0 Å². The standard InChI is InChI=1S/C27H32F2N4O/c1-9-27(34-8)18(5)33(7)24-14-21-20(13-23(24)27)17(4)31-32-25(21)30-16(3)19-11-10-12-22(15(19)2)26(6,28)29/h10-14,16H,5,9H2,1-4,6-8H3,(H,30,32). The van der Waals surface area contributed by atoms with E-state index in [2.05, 4.69) is 46.0 Å². The van der Waals surface area contributed by atoms with E-state index in [0.29, 0.717) is 11.4 Å². The van der Waals surface area contributed by atoms with Crippen LogP contribution in [-0.4, -0.2) is 24.4 Å². The summed E-state index contributed by atoms with van der Waals surface area (Å²) in [5.74, 6) is -2.30. The number of likely N-dealkylation sites (N-methyl/N-ethyl adjacent to an activating group) is 1. The molecule has 5 nitrogen and oxygen atoms in total. The highest BCUT2D eigenvalue weighted by Gasteiger charge is 2.44. The van der Waals surface area contributed by atoms with Crippen molar-refractivity contribution >= 4 is 22.3 Å². The lowest BCUT2D eigenvalue weighted by Gasteiger charge is -2.29. The minimum atomic E-state index is -2.91. The van der Waals surface area contributed by atoms with E-state index in [9.17, 15) is 8.78 Å². The summed E-state index contributed by atoms with van der Waals surface area (Å²) in [5, 5.41) is 14.1. The number of hydrogen-bond donors (Lipinski definition) is 1. The predicted octanol–water partition coefficient (Wildman–Crippen LogP) is 6.75. The van der Waals surface area contributed by atoms with Gasteiger partial charge in [0.15, 0.2) is 5.82 Å². The molecule has 0 amide bonds. The van der Waals surface area contributed by atoms with Crippen LogP contribution in [0.4, 0.5) is 20.3 Å². The minimum Gasteiger partial charge on any atom is -0.367 e. The number of aryl methyl sites for hydroxylation is 1. The van der Waals surface area contributed by atoms with Gasteiger partial charge in [-0.1, -0.05) is 31.7 Å². The van der Waals surface area contributed by atoms with Crippen LogP contribution in [-0.2, 0) is 16.3 Å². The number of ether oxygens (including phenoxy) is 1. The van der Waals surface area contributed by atoms with Gasteiger partial charge in [-0.05, 0) is 50.5 Å². The average Bonchev–Trinajstić information content (AvgIpc) is 3.00. The molecule has 2 atom stereocenters. The molecule has 1 aliphatic heterocycles. The Morgan fingerprint density at radius 1 is 1.21 bits per heavy atom. The van der Waals surface area contributed by atoms with E-state index in [1.54, 1.807) is 20.1 Å². The lowest BCUT2D eigenvalue weighted by Crippen LogP contribution is -2.30. The molecule has 2 aromatic carbocycles. The normalized spacial score (nSPS) is 19.0. The average molecular weight is 467 g/mol. The SMILES string of the molecule is C=C1N(C)c2cc3c(NC(C)c4cccc(C(C)(F)F)c4C)nnc(C)c3cc2C1(CC)OC. The highest BCUT2D eigenvalue weighted by atomic mass is 19.3. The van der Waals surface area contributed by atoms with Gasteiger partial charge in [-0.3, -0.25) is 0 Å². The Labute approximate surface area is 199 Å². The quantitative estimate of drug-likeness (QED) is 0.436. The second-order valence-corrected chi connectivity index (χ2v) is 9.21. The van der Waals surface area contributed by atoms with Gasteiger partial charge in [0, 0.05) is 54.4 Å². The summed E-state index contributed by atoms with van der Waals surface area (Å²) < 4.78 is 34.2. The molecule has 2 unspecified atom stereocenters. The van der Waals surface area contributed by atoms with Crippen LogP contribution in [0, 0.1) is 13.8 Å². The van der Waals surface area contributed by atoms with Crippen LogP contribution < -0.4 is 10.2 Å². The smallest absolute Gasteiger partial charge is 0.270 e. The second kappa shape index (κ2) is 8.31. The van der Waals surface area contributed by atoms with Crippen molar-refractivity contribution in [1.82, 2.24) is 10.2 Å². The molecule has 0 bridgehead atoms. The summed E-state index contributed by atoms with van der Waals surface area (Å²) in [6.07, 6.45) is 0.753. The molecule has 0 radical (unpaired) electrons. The number of nitrogens with one attached hydrogen (secondary N) is 1. The van der Waals surface area contributed by atoms with Crippen LogP contribution >= 0.6 is 0 Å². The number of hydrogen-bond acceptors (Lipinski definition) is 5. The van der Waals surface area contributed by atoms with Crippen molar-refractivity contribution in [2.45, 2.75) is 58.6 Å². The van der Waals surface area contributed by atoms with Gasteiger partial charge in [-0.2, -0.15) is 5.10 Å². The van der Waals surface area contributed by atoms with Gasteiger partial charge < -0.3 is 15.0 Å². The van der Waals surface area contributed by atoms with E-state index in [1.165, 1.54) is 6.07 Å². The fourth-order valence-corrected chi connectivity index (χ4v) is 5.24. The summed E-state index contributed by atoms with van der Waals surface area (Å²) >= 11 is 0. The number of benzene rings is 2. The minimum absolute atomic E-state index is 0.0342. The number of rotatable bonds is 6. The maximum atomic E-state index is 14.1. The van der Waals surface area contributed by atoms with Crippen molar-refractivity contribution in [1.29, 1.82) is 0 Å². The van der Waals surface area contributed by atoms with E-state index >= 15 is 0 Å². The van der Waals surface area contributed by atoms with Crippen LogP contribution in [0.15, 0.2) is 42.6 Å². The summed E-state index contributed by atoms with van der Waals surface area (Å²) in [5.41, 5.74) is 4.58. The topological polar surface area (TPSA) is 50.3 Å². The molecule has 0 saturated heterocycles. The van der Waals surface area contributed by atoms with Crippen molar-refractivity contribution in [2.24, 2.45) is 0 Å². The van der Waals surface area contributed by atoms with E-state index in [0.717, 1.165) is 52.3 Å². The third kappa shape index (κ3) is 3.54. The van der Waals surface area contributed by atoms with E-state index in [1.807, 2.05) is 27.0 Å². The maximum absolute atomic E-state index is 14.1. The summed E-state index contributed by atoms with van der Waals surface area (Å²) in [4.78, 5) is 2.06. The number of nitrogens with zero attached hydrogens (tertiary/aromatic N) is 3. The Morgan fingerprint density at radius 2 is 1.91 bits per heavy atom. The highest BCUT2D eigenvalue weighted by Crippen LogP contribution is 2.51. The highest BCUT2D eigenvalue weighted by molar-refractivity contribution is 5.98. The Bertz CT molecular complexity index is 1280. The predicted molar refractivity (Wildman–Crippen MR) is 134 cm³/mol. The molecule has 1 aliphatic rings. The van der Waals surface area contributed by atoms with Gasteiger partial charge in [-0.25, -0.2) is 8.78 Å². The zero-order valence-corrected chi connectivity index (χ0v) is 20.9. The first-order valence-corrected chi connectivity index (χ1v) is 11.5.